The summed E-state index contributed by atoms with van der Waals surface area (Å²) >= 11 is 0. The minimum absolute atomic E-state index is 0.118. The Morgan fingerprint density at radius 1 is 0.309 bits per heavy atom. The molecule has 0 aromatic rings. The zero-order valence-corrected chi connectivity index (χ0v) is 43.6. The molecule has 0 saturated heterocycles. The molecule has 0 N–H and O–H groups in total. The van der Waals surface area contributed by atoms with Crippen molar-refractivity contribution in [2.24, 2.45) is 0 Å². The molecule has 0 aliphatic carbocycles. The van der Waals surface area contributed by atoms with Gasteiger partial charge in [0.1, 0.15) is 13.2 Å². The van der Waals surface area contributed by atoms with E-state index >= 15 is 0 Å². The van der Waals surface area contributed by atoms with Crippen LogP contribution in [0.2, 0.25) is 0 Å². The lowest BCUT2D eigenvalue weighted by molar-refractivity contribution is -0.167. The maximum atomic E-state index is 12.8. The smallest absolute Gasteiger partial charge is 0.306 e. The lowest BCUT2D eigenvalue weighted by Crippen LogP contribution is -2.30. The molecule has 0 fully saturated rings. The third-order valence-electron chi connectivity index (χ3n) is 10.9. The van der Waals surface area contributed by atoms with Crippen LogP contribution in [0.5, 0.6) is 0 Å². The average molecular weight is 939 g/mol. The molecule has 382 valence electrons. The number of carbonyl (C=O) groups is 3. The van der Waals surface area contributed by atoms with Gasteiger partial charge in [0, 0.05) is 19.3 Å². The first-order valence-electron chi connectivity index (χ1n) is 27.2. The highest BCUT2D eigenvalue weighted by atomic mass is 16.6. The van der Waals surface area contributed by atoms with E-state index < -0.39 is 6.10 Å². The van der Waals surface area contributed by atoms with Crippen molar-refractivity contribution < 1.29 is 28.6 Å². The Bertz CT molecular complexity index is 1500. The highest BCUT2D eigenvalue weighted by Crippen LogP contribution is 2.12. The van der Waals surface area contributed by atoms with Gasteiger partial charge in [0.05, 0.1) is 0 Å². The summed E-state index contributed by atoms with van der Waals surface area (Å²) < 4.78 is 16.8. The van der Waals surface area contributed by atoms with Gasteiger partial charge in [-0.25, -0.2) is 0 Å². The molecule has 0 aromatic carbocycles. The monoisotopic (exact) mass is 939 g/mol. The van der Waals surface area contributed by atoms with Gasteiger partial charge in [0.2, 0.25) is 0 Å². The van der Waals surface area contributed by atoms with Gasteiger partial charge in [0.15, 0.2) is 6.10 Å². The van der Waals surface area contributed by atoms with Gasteiger partial charge in [-0.05, 0) is 135 Å². The number of hydrogen-bond donors (Lipinski definition) is 0. The number of carbonyl (C=O) groups excluding carboxylic acids is 3. The number of esters is 3. The SMILES string of the molecule is CC/C=C\C/C=C\C/C=C\C/C=C\C/C=C\C/C=C\CCCCC(=O)OCC(COC(=O)CCCCC/C=C\C/C=C\C/C=C\CC)OC(=O)CCCCCCC/C=C\C/C=C\CCCCCC. The van der Waals surface area contributed by atoms with Crippen LogP contribution in [0.1, 0.15) is 220 Å². The molecule has 0 bridgehead atoms. The molecule has 0 heterocycles. The van der Waals surface area contributed by atoms with E-state index in [2.05, 4.69) is 154 Å². The van der Waals surface area contributed by atoms with Crippen molar-refractivity contribution in [2.75, 3.05) is 13.2 Å². The van der Waals surface area contributed by atoms with Crippen molar-refractivity contribution in [3.63, 3.8) is 0 Å². The van der Waals surface area contributed by atoms with E-state index in [1.807, 2.05) is 0 Å². The fraction of sp³-hybridized carbons (Fsp3) is 0.597. The molecule has 0 amide bonds. The van der Waals surface area contributed by atoms with E-state index in [9.17, 15) is 14.4 Å². The Labute approximate surface area is 417 Å². The summed E-state index contributed by atoms with van der Waals surface area (Å²) in [4.78, 5) is 38.1. The predicted octanol–water partition coefficient (Wildman–Crippen LogP) is 18.3. The maximum absolute atomic E-state index is 12.8. The standard InChI is InChI=1S/C62H98O6/c1-4-7-10-13-16-19-22-25-27-29-30-31-32-33-35-37-40-43-46-49-52-55-61(64)67-58-59(57-66-60(63)54-51-48-45-42-39-36-24-21-18-15-12-9-6-3)68-62(65)56-53-50-47-44-41-38-34-28-26-23-20-17-14-11-8-5-2/h7,9-10,12,16,18-21,23,25,27-28,30-31,33-36,39-40,43,59H,4-6,8,11,13-15,17,22,24,26,29,32,37-38,41-42,44-58H2,1-3H3/b10-7-,12-9-,19-16-,21-18-,23-20-,27-25-,31-30-,34-28-,35-33-,39-36-,43-40-. The Balaban J connectivity index is 4.54. The minimum atomic E-state index is -0.821. The van der Waals surface area contributed by atoms with E-state index in [1.165, 1.54) is 32.1 Å². The quantitative estimate of drug-likeness (QED) is 0.0262. The summed E-state index contributed by atoms with van der Waals surface area (Å²) in [6, 6.07) is 0. The summed E-state index contributed by atoms with van der Waals surface area (Å²) in [5.41, 5.74) is 0. The summed E-state index contributed by atoms with van der Waals surface area (Å²) in [7, 11) is 0. The number of allylic oxidation sites excluding steroid dienone is 22. The van der Waals surface area contributed by atoms with E-state index in [0.717, 1.165) is 141 Å². The highest BCUT2D eigenvalue weighted by Gasteiger charge is 2.19. The van der Waals surface area contributed by atoms with Crippen LogP contribution in [-0.2, 0) is 28.6 Å². The van der Waals surface area contributed by atoms with Gasteiger partial charge in [0.25, 0.3) is 0 Å². The van der Waals surface area contributed by atoms with E-state index in [-0.39, 0.29) is 37.5 Å². The van der Waals surface area contributed by atoms with Crippen molar-refractivity contribution in [3.05, 3.63) is 134 Å². The summed E-state index contributed by atoms with van der Waals surface area (Å²) in [5, 5.41) is 0. The van der Waals surface area contributed by atoms with Gasteiger partial charge in [-0.2, -0.15) is 0 Å². The number of unbranched alkanes of at least 4 members (excludes halogenated alkanes) is 14. The topological polar surface area (TPSA) is 78.9 Å². The molecule has 0 radical (unpaired) electrons. The first-order chi connectivity index (χ1) is 33.5. The molecule has 1 unspecified atom stereocenters. The van der Waals surface area contributed by atoms with Crippen LogP contribution in [0.3, 0.4) is 0 Å². The zero-order valence-electron chi connectivity index (χ0n) is 43.6. The lowest BCUT2D eigenvalue weighted by Gasteiger charge is -2.18. The molecule has 6 heteroatoms. The van der Waals surface area contributed by atoms with Crippen LogP contribution in [0.15, 0.2) is 134 Å². The molecule has 1 atom stereocenters. The van der Waals surface area contributed by atoms with Crippen LogP contribution in [0, 0.1) is 0 Å². The molecule has 68 heavy (non-hydrogen) atoms. The van der Waals surface area contributed by atoms with E-state index in [4.69, 9.17) is 14.2 Å². The third-order valence-corrected chi connectivity index (χ3v) is 10.9. The molecule has 0 aliphatic rings. The fourth-order valence-corrected chi connectivity index (χ4v) is 6.84. The van der Waals surface area contributed by atoms with Gasteiger partial charge >= 0.3 is 17.9 Å². The summed E-state index contributed by atoms with van der Waals surface area (Å²) in [6.07, 6.45) is 77.2. The number of ether oxygens (including phenoxy) is 3. The van der Waals surface area contributed by atoms with Crippen LogP contribution in [-0.4, -0.2) is 37.2 Å². The van der Waals surface area contributed by atoms with E-state index in [1.54, 1.807) is 0 Å². The third kappa shape index (κ3) is 52.5. The highest BCUT2D eigenvalue weighted by molar-refractivity contribution is 5.71. The largest absolute Gasteiger partial charge is 0.462 e. The van der Waals surface area contributed by atoms with Crippen molar-refractivity contribution in [1.29, 1.82) is 0 Å². The Morgan fingerprint density at radius 3 is 0.941 bits per heavy atom. The molecule has 0 aromatic heterocycles. The maximum Gasteiger partial charge on any atom is 0.306 e. The molecule has 0 rings (SSSR count). The first kappa shape index (κ1) is 63.5. The summed E-state index contributed by atoms with van der Waals surface area (Å²) in [5.74, 6) is -1.01. The molecule has 0 saturated carbocycles. The molecular weight excluding hydrogens is 841 g/mol. The van der Waals surface area contributed by atoms with Crippen LogP contribution < -0.4 is 0 Å². The van der Waals surface area contributed by atoms with Crippen molar-refractivity contribution in [2.45, 2.75) is 226 Å². The Kier molecular flexibility index (Phi) is 51.5. The van der Waals surface area contributed by atoms with Gasteiger partial charge in [-0.1, -0.05) is 199 Å². The van der Waals surface area contributed by atoms with E-state index in [0.29, 0.717) is 19.3 Å². The van der Waals surface area contributed by atoms with Gasteiger partial charge in [-0.15, -0.1) is 0 Å². The first-order valence-corrected chi connectivity index (χ1v) is 27.2. The molecule has 0 aliphatic heterocycles. The van der Waals surface area contributed by atoms with Crippen molar-refractivity contribution >= 4 is 17.9 Å². The second-order valence-corrected chi connectivity index (χ2v) is 17.4. The number of rotatable bonds is 47. The normalized spacial score (nSPS) is 13.2. The predicted molar refractivity (Wildman–Crippen MR) is 292 cm³/mol. The zero-order chi connectivity index (χ0) is 49.3. The summed E-state index contributed by atoms with van der Waals surface area (Å²) in [6.45, 7) is 6.30. The van der Waals surface area contributed by atoms with Gasteiger partial charge in [-0.3, -0.25) is 14.4 Å². The van der Waals surface area contributed by atoms with Gasteiger partial charge < -0.3 is 14.2 Å². The second kappa shape index (κ2) is 55.1. The van der Waals surface area contributed by atoms with Crippen LogP contribution >= 0.6 is 0 Å². The van der Waals surface area contributed by atoms with Crippen molar-refractivity contribution in [1.82, 2.24) is 0 Å². The molecule has 0 spiro atoms. The average Bonchev–Trinajstić information content (AvgIpc) is 3.34. The van der Waals surface area contributed by atoms with Crippen LogP contribution in [0.4, 0.5) is 0 Å². The fourth-order valence-electron chi connectivity index (χ4n) is 6.84. The lowest BCUT2D eigenvalue weighted by atomic mass is 10.1. The minimum Gasteiger partial charge on any atom is -0.462 e. The second-order valence-electron chi connectivity index (χ2n) is 17.4. The van der Waals surface area contributed by atoms with Crippen LogP contribution in [0.25, 0.3) is 0 Å². The number of hydrogen-bond acceptors (Lipinski definition) is 6. The Hall–Kier alpha value is -4.45. The molecule has 6 nitrogen and oxygen atoms in total. The Morgan fingerprint density at radius 2 is 0.574 bits per heavy atom. The molecular formula is C62H98O6. The van der Waals surface area contributed by atoms with Crippen molar-refractivity contribution in [3.8, 4) is 0 Å².